The van der Waals surface area contributed by atoms with E-state index in [9.17, 15) is 0 Å². The lowest BCUT2D eigenvalue weighted by atomic mass is 9.62. The molecule has 0 aromatic heterocycles. The number of nitrogens with two attached hydrogens (primary N) is 1. The van der Waals surface area contributed by atoms with Crippen molar-refractivity contribution in [3.8, 4) is 0 Å². The van der Waals surface area contributed by atoms with Gasteiger partial charge in [0.15, 0.2) is 0 Å². The van der Waals surface area contributed by atoms with Crippen LogP contribution in [0.4, 0.5) is 0 Å². The summed E-state index contributed by atoms with van der Waals surface area (Å²) < 4.78 is 0. The summed E-state index contributed by atoms with van der Waals surface area (Å²) in [6, 6.07) is 7.14. The van der Waals surface area contributed by atoms with E-state index in [1.807, 2.05) is 0 Å². The van der Waals surface area contributed by atoms with Gasteiger partial charge in [0.05, 0.1) is 0 Å². The van der Waals surface area contributed by atoms with E-state index in [1.54, 1.807) is 0 Å². The average Bonchev–Trinajstić information content (AvgIpc) is 2.24. The number of benzene rings is 1. The summed E-state index contributed by atoms with van der Waals surface area (Å²) in [7, 11) is 2.06. The van der Waals surface area contributed by atoms with Crippen molar-refractivity contribution in [1.29, 1.82) is 0 Å². The Morgan fingerprint density at radius 3 is 2.47 bits per heavy atom. The van der Waals surface area contributed by atoms with Gasteiger partial charge in [0.2, 0.25) is 0 Å². The summed E-state index contributed by atoms with van der Waals surface area (Å²) in [5, 5.41) is 3.49. The van der Waals surface area contributed by atoms with Crippen LogP contribution in [0.5, 0.6) is 0 Å². The van der Waals surface area contributed by atoms with E-state index in [2.05, 4.69) is 44.4 Å². The number of hydrogen-bond donors (Lipinski definition) is 2. The van der Waals surface area contributed by atoms with Crippen molar-refractivity contribution in [2.45, 2.75) is 39.2 Å². The van der Waals surface area contributed by atoms with Crippen molar-refractivity contribution in [2.24, 2.45) is 11.1 Å². The van der Waals surface area contributed by atoms with Crippen LogP contribution in [0.25, 0.3) is 0 Å². The Morgan fingerprint density at radius 1 is 1.35 bits per heavy atom. The molecule has 17 heavy (non-hydrogen) atoms. The van der Waals surface area contributed by atoms with Crippen LogP contribution in [0.1, 0.15) is 42.0 Å². The van der Waals surface area contributed by atoms with Gasteiger partial charge in [-0.05, 0) is 51.4 Å². The van der Waals surface area contributed by atoms with Crippen LogP contribution in [0.3, 0.4) is 0 Å². The van der Waals surface area contributed by atoms with Gasteiger partial charge in [-0.3, -0.25) is 0 Å². The van der Waals surface area contributed by atoms with Gasteiger partial charge in [-0.1, -0.05) is 30.2 Å². The van der Waals surface area contributed by atoms with E-state index in [4.69, 9.17) is 5.73 Å². The Morgan fingerprint density at radius 2 is 2.06 bits per heavy atom. The second-order valence-corrected chi connectivity index (χ2v) is 5.50. The Labute approximate surface area is 105 Å². The molecule has 0 radical (unpaired) electrons. The minimum atomic E-state index is 0.286. The Bertz CT molecular complexity index is 388. The molecule has 2 nitrogen and oxygen atoms in total. The predicted molar refractivity (Wildman–Crippen MR) is 73.1 cm³/mol. The molecular formula is C15H24N2. The standard InChI is InChI=1S/C15H24N2/c1-11-5-6-13(12(2)9-11)14(17-3)15(10-16)7-4-8-15/h5-6,9,14,17H,4,7-8,10,16H2,1-3H3. The summed E-state index contributed by atoms with van der Waals surface area (Å²) in [6.07, 6.45) is 3.82. The second-order valence-electron chi connectivity index (χ2n) is 5.50. The molecule has 0 amide bonds. The number of rotatable bonds is 4. The van der Waals surface area contributed by atoms with Crippen molar-refractivity contribution < 1.29 is 0 Å². The quantitative estimate of drug-likeness (QED) is 0.837. The first-order valence-electron chi connectivity index (χ1n) is 6.57. The smallest absolute Gasteiger partial charge is 0.0389 e. The molecular weight excluding hydrogens is 208 g/mol. The fourth-order valence-corrected chi connectivity index (χ4v) is 3.18. The average molecular weight is 232 g/mol. The molecule has 1 aromatic carbocycles. The highest BCUT2D eigenvalue weighted by Crippen LogP contribution is 2.49. The molecule has 94 valence electrons. The molecule has 1 aliphatic carbocycles. The monoisotopic (exact) mass is 232 g/mol. The molecule has 1 saturated carbocycles. The van der Waals surface area contributed by atoms with Crippen molar-refractivity contribution in [3.63, 3.8) is 0 Å². The zero-order chi connectivity index (χ0) is 12.5. The zero-order valence-corrected chi connectivity index (χ0v) is 11.2. The molecule has 0 heterocycles. The minimum Gasteiger partial charge on any atom is -0.330 e. The molecule has 3 N–H and O–H groups in total. The van der Waals surface area contributed by atoms with Crippen LogP contribution < -0.4 is 11.1 Å². The van der Waals surface area contributed by atoms with Crippen molar-refractivity contribution >= 4 is 0 Å². The Balaban J connectivity index is 2.35. The van der Waals surface area contributed by atoms with Crippen molar-refractivity contribution in [2.75, 3.05) is 13.6 Å². The molecule has 2 heteroatoms. The third-order valence-corrected chi connectivity index (χ3v) is 4.39. The van der Waals surface area contributed by atoms with E-state index >= 15 is 0 Å². The highest BCUT2D eigenvalue weighted by Gasteiger charge is 2.43. The minimum absolute atomic E-state index is 0.286. The topological polar surface area (TPSA) is 38.0 Å². The molecule has 0 saturated heterocycles. The summed E-state index contributed by atoms with van der Waals surface area (Å²) in [6.45, 7) is 5.13. The fourth-order valence-electron chi connectivity index (χ4n) is 3.18. The van der Waals surface area contributed by atoms with Gasteiger partial charge in [-0.25, -0.2) is 0 Å². The maximum Gasteiger partial charge on any atom is 0.0389 e. The van der Waals surface area contributed by atoms with Crippen molar-refractivity contribution in [1.82, 2.24) is 5.32 Å². The van der Waals surface area contributed by atoms with E-state index in [1.165, 1.54) is 36.0 Å². The normalized spacial score (nSPS) is 19.8. The molecule has 1 fully saturated rings. The summed E-state index contributed by atoms with van der Waals surface area (Å²) in [4.78, 5) is 0. The first kappa shape index (κ1) is 12.6. The maximum atomic E-state index is 6.02. The van der Waals surface area contributed by atoms with Crippen LogP contribution in [-0.2, 0) is 0 Å². The van der Waals surface area contributed by atoms with Crippen LogP contribution in [-0.4, -0.2) is 13.6 Å². The van der Waals surface area contributed by atoms with Crippen LogP contribution in [0.2, 0.25) is 0 Å². The lowest BCUT2D eigenvalue weighted by Gasteiger charge is -2.47. The van der Waals surface area contributed by atoms with Gasteiger partial charge in [0.25, 0.3) is 0 Å². The molecule has 1 unspecified atom stereocenters. The van der Waals surface area contributed by atoms with Gasteiger partial charge in [0.1, 0.15) is 0 Å². The van der Waals surface area contributed by atoms with E-state index < -0.39 is 0 Å². The largest absolute Gasteiger partial charge is 0.330 e. The highest BCUT2D eigenvalue weighted by atomic mass is 14.9. The number of hydrogen-bond acceptors (Lipinski definition) is 2. The van der Waals surface area contributed by atoms with Crippen molar-refractivity contribution in [3.05, 3.63) is 34.9 Å². The molecule has 0 aliphatic heterocycles. The molecule has 0 bridgehead atoms. The summed E-state index contributed by atoms with van der Waals surface area (Å²) in [5.74, 6) is 0. The summed E-state index contributed by atoms with van der Waals surface area (Å²) in [5.41, 5.74) is 10.4. The maximum absolute atomic E-state index is 6.02. The van der Waals surface area contributed by atoms with Gasteiger partial charge in [-0.15, -0.1) is 0 Å². The first-order chi connectivity index (χ1) is 8.13. The Hall–Kier alpha value is -0.860. The Kier molecular flexibility index (Phi) is 3.55. The van der Waals surface area contributed by atoms with Crippen LogP contribution in [0, 0.1) is 19.3 Å². The third-order valence-electron chi connectivity index (χ3n) is 4.39. The lowest BCUT2D eigenvalue weighted by molar-refractivity contribution is 0.0876. The van der Waals surface area contributed by atoms with Gasteiger partial charge < -0.3 is 11.1 Å². The molecule has 0 spiro atoms. The van der Waals surface area contributed by atoms with E-state index in [-0.39, 0.29) is 5.41 Å². The van der Waals surface area contributed by atoms with Crippen LogP contribution in [0.15, 0.2) is 18.2 Å². The SMILES string of the molecule is CNC(c1ccc(C)cc1C)C1(CN)CCC1. The molecule has 1 atom stereocenters. The van der Waals surface area contributed by atoms with E-state index in [0.717, 1.165) is 6.54 Å². The number of aryl methyl sites for hydroxylation is 2. The molecule has 1 aromatic rings. The fraction of sp³-hybridized carbons (Fsp3) is 0.600. The number of nitrogens with one attached hydrogen (secondary N) is 1. The molecule has 1 aliphatic rings. The predicted octanol–water partition coefficient (Wildman–Crippen LogP) is 2.69. The van der Waals surface area contributed by atoms with Gasteiger partial charge >= 0.3 is 0 Å². The summed E-state index contributed by atoms with van der Waals surface area (Å²) >= 11 is 0. The van der Waals surface area contributed by atoms with E-state index in [0.29, 0.717) is 6.04 Å². The van der Waals surface area contributed by atoms with Crippen LogP contribution >= 0.6 is 0 Å². The second kappa shape index (κ2) is 4.79. The lowest BCUT2D eigenvalue weighted by Crippen LogP contribution is -2.47. The first-order valence-corrected chi connectivity index (χ1v) is 6.57. The third kappa shape index (κ3) is 2.12. The highest BCUT2D eigenvalue weighted by molar-refractivity contribution is 5.34. The molecule has 2 rings (SSSR count). The van der Waals surface area contributed by atoms with Gasteiger partial charge in [0, 0.05) is 11.5 Å². The zero-order valence-electron chi connectivity index (χ0n) is 11.2. The van der Waals surface area contributed by atoms with Gasteiger partial charge in [-0.2, -0.15) is 0 Å².